The van der Waals surface area contributed by atoms with Crippen molar-refractivity contribution in [1.29, 1.82) is 0 Å². The van der Waals surface area contributed by atoms with E-state index in [1.807, 2.05) is 0 Å². The van der Waals surface area contributed by atoms with Crippen molar-refractivity contribution in [2.45, 2.75) is 110 Å². The number of ether oxygens (including phenoxy) is 2. The Labute approximate surface area is 178 Å². The van der Waals surface area contributed by atoms with Crippen LogP contribution < -0.4 is 0 Å². The van der Waals surface area contributed by atoms with Crippen molar-refractivity contribution >= 4 is 11.9 Å². The number of carbonyl (C=O) groups excluding carboxylic acids is 2. The van der Waals surface area contributed by atoms with Gasteiger partial charge in [-0.3, -0.25) is 14.5 Å². The summed E-state index contributed by atoms with van der Waals surface area (Å²) in [5, 5.41) is 0. The van der Waals surface area contributed by atoms with Crippen molar-refractivity contribution in [3.8, 4) is 0 Å². The van der Waals surface area contributed by atoms with E-state index in [9.17, 15) is 9.59 Å². The van der Waals surface area contributed by atoms with Gasteiger partial charge in [0.2, 0.25) is 0 Å². The van der Waals surface area contributed by atoms with Crippen molar-refractivity contribution < 1.29 is 19.1 Å². The molecule has 170 valence electrons. The van der Waals surface area contributed by atoms with E-state index >= 15 is 0 Å². The van der Waals surface area contributed by atoms with E-state index in [0.29, 0.717) is 26.1 Å². The SMILES string of the molecule is CCCCCCCCCCN1CCOC(=O)CCCCCCCCC(=O)OCC1. The summed E-state index contributed by atoms with van der Waals surface area (Å²) in [6.45, 7) is 5.54. The highest BCUT2D eigenvalue weighted by Gasteiger charge is 2.10. The Balaban J connectivity index is 2.30. The molecule has 1 aliphatic rings. The third-order valence-corrected chi connectivity index (χ3v) is 5.68. The van der Waals surface area contributed by atoms with Crippen LogP contribution in [0.15, 0.2) is 0 Å². The van der Waals surface area contributed by atoms with Crippen LogP contribution in [0.1, 0.15) is 110 Å². The summed E-state index contributed by atoms with van der Waals surface area (Å²) in [6, 6.07) is 0. The molecule has 5 heteroatoms. The molecular weight excluding hydrogens is 366 g/mol. The van der Waals surface area contributed by atoms with E-state index in [4.69, 9.17) is 9.47 Å². The minimum Gasteiger partial charge on any atom is -0.464 e. The topological polar surface area (TPSA) is 55.8 Å². The molecule has 1 saturated heterocycles. The molecule has 0 aromatic carbocycles. The van der Waals surface area contributed by atoms with Gasteiger partial charge in [-0.1, -0.05) is 77.6 Å². The second-order valence-corrected chi connectivity index (χ2v) is 8.38. The maximum Gasteiger partial charge on any atom is 0.305 e. The van der Waals surface area contributed by atoms with Gasteiger partial charge in [-0.05, 0) is 25.8 Å². The largest absolute Gasteiger partial charge is 0.464 e. The zero-order valence-electron chi connectivity index (χ0n) is 18.9. The van der Waals surface area contributed by atoms with Crippen LogP contribution in [0.5, 0.6) is 0 Å². The molecule has 5 nitrogen and oxygen atoms in total. The number of cyclic esters (lactones) is 2. The second kappa shape index (κ2) is 18.9. The molecule has 1 aliphatic heterocycles. The zero-order chi connectivity index (χ0) is 21.0. The van der Waals surface area contributed by atoms with Crippen LogP contribution in [0.25, 0.3) is 0 Å². The zero-order valence-corrected chi connectivity index (χ0v) is 18.9. The Bertz CT molecular complexity index is 386. The molecular formula is C24H45NO4. The van der Waals surface area contributed by atoms with Gasteiger partial charge in [0.1, 0.15) is 13.2 Å². The molecule has 0 N–H and O–H groups in total. The predicted molar refractivity (Wildman–Crippen MR) is 118 cm³/mol. The molecule has 0 spiro atoms. The van der Waals surface area contributed by atoms with Crippen LogP contribution in [0.2, 0.25) is 0 Å². The van der Waals surface area contributed by atoms with E-state index in [0.717, 1.165) is 64.6 Å². The van der Waals surface area contributed by atoms with Crippen molar-refractivity contribution in [3.05, 3.63) is 0 Å². The Hall–Kier alpha value is -1.10. The van der Waals surface area contributed by atoms with Crippen LogP contribution >= 0.6 is 0 Å². The molecule has 0 amide bonds. The molecule has 0 radical (unpaired) electrons. The number of carbonyl (C=O) groups is 2. The number of esters is 2. The molecule has 0 atom stereocenters. The Morgan fingerprint density at radius 2 is 1.10 bits per heavy atom. The van der Waals surface area contributed by atoms with E-state index in [1.165, 1.54) is 44.9 Å². The first-order valence-corrected chi connectivity index (χ1v) is 12.3. The fraction of sp³-hybridized carbons (Fsp3) is 0.917. The van der Waals surface area contributed by atoms with Gasteiger partial charge in [0, 0.05) is 25.9 Å². The van der Waals surface area contributed by atoms with Crippen LogP contribution in [0.4, 0.5) is 0 Å². The van der Waals surface area contributed by atoms with E-state index in [-0.39, 0.29) is 11.9 Å². The average Bonchev–Trinajstić information content (AvgIpc) is 2.71. The minimum atomic E-state index is -0.0761. The number of hydrogen-bond acceptors (Lipinski definition) is 5. The number of nitrogens with zero attached hydrogens (tertiary/aromatic N) is 1. The molecule has 0 unspecified atom stereocenters. The lowest BCUT2D eigenvalue weighted by Crippen LogP contribution is -2.33. The summed E-state index contributed by atoms with van der Waals surface area (Å²) >= 11 is 0. The normalized spacial score (nSPS) is 19.3. The van der Waals surface area contributed by atoms with E-state index in [2.05, 4.69) is 11.8 Å². The summed E-state index contributed by atoms with van der Waals surface area (Å²) in [5.41, 5.74) is 0. The first-order chi connectivity index (χ1) is 14.2. The lowest BCUT2D eigenvalue weighted by atomic mass is 10.1. The smallest absolute Gasteiger partial charge is 0.305 e. The Kier molecular flexibility index (Phi) is 16.9. The van der Waals surface area contributed by atoms with Gasteiger partial charge in [0.05, 0.1) is 0 Å². The van der Waals surface area contributed by atoms with Crippen molar-refractivity contribution in [2.24, 2.45) is 0 Å². The summed E-state index contributed by atoms with van der Waals surface area (Å²) < 4.78 is 10.8. The van der Waals surface area contributed by atoms with Crippen LogP contribution in [-0.2, 0) is 19.1 Å². The van der Waals surface area contributed by atoms with Gasteiger partial charge >= 0.3 is 11.9 Å². The standard InChI is InChI=1S/C24H45NO4/c1-2-3-4-5-6-9-12-15-18-25-19-21-28-23(26)16-13-10-7-8-11-14-17-24(27)29-22-20-25/h2-22H2,1H3. The molecule has 0 aromatic rings. The maximum absolute atomic E-state index is 11.9. The van der Waals surface area contributed by atoms with Crippen molar-refractivity contribution in [2.75, 3.05) is 32.8 Å². The minimum absolute atomic E-state index is 0.0761. The highest BCUT2D eigenvalue weighted by Crippen LogP contribution is 2.11. The fourth-order valence-electron chi connectivity index (χ4n) is 3.77. The van der Waals surface area contributed by atoms with Gasteiger partial charge in [0.25, 0.3) is 0 Å². The van der Waals surface area contributed by atoms with Gasteiger partial charge in [0.15, 0.2) is 0 Å². The van der Waals surface area contributed by atoms with E-state index < -0.39 is 0 Å². The molecule has 1 fully saturated rings. The second-order valence-electron chi connectivity index (χ2n) is 8.38. The summed E-state index contributed by atoms with van der Waals surface area (Å²) in [4.78, 5) is 26.0. The fourth-order valence-corrected chi connectivity index (χ4v) is 3.77. The first-order valence-electron chi connectivity index (χ1n) is 12.3. The average molecular weight is 412 g/mol. The van der Waals surface area contributed by atoms with Crippen molar-refractivity contribution in [3.63, 3.8) is 0 Å². The number of hydrogen-bond donors (Lipinski definition) is 0. The van der Waals surface area contributed by atoms with Crippen LogP contribution in [0, 0.1) is 0 Å². The molecule has 0 aromatic heterocycles. The van der Waals surface area contributed by atoms with Gasteiger partial charge < -0.3 is 9.47 Å². The summed E-state index contributed by atoms with van der Waals surface area (Å²) in [6.07, 6.45) is 17.6. The predicted octanol–water partition coefficient (Wildman–Crippen LogP) is 5.65. The summed E-state index contributed by atoms with van der Waals surface area (Å²) in [7, 11) is 0. The molecule has 29 heavy (non-hydrogen) atoms. The number of unbranched alkanes of at least 4 members (excludes halogenated alkanes) is 7. The molecule has 1 rings (SSSR count). The first kappa shape index (κ1) is 25.9. The summed E-state index contributed by atoms with van der Waals surface area (Å²) in [5.74, 6) is -0.152. The van der Waals surface area contributed by atoms with Crippen LogP contribution in [-0.4, -0.2) is 49.7 Å². The molecule has 0 saturated carbocycles. The Morgan fingerprint density at radius 3 is 1.62 bits per heavy atom. The molecule has 1 heterocycles. The highest BCUT2D eigenvalue weighted by atomic mass is 16.5. The monoisotopic (exact) mass is 411 g/mol. The highest BCUT2D eigenvalue weighted by molar-refractivity contribution is 5.69. The molecule has 0 aliphatic carbocycles. The van der Waals surface area contributed by atoms with Gasteiger partial charge in [-0.25, -0.2) is 0 Å². The van der Waals surface area contributed by atoms with Gasteiger partial charge in [-0.15, -0.1) is 0 Å². The van der Waals surface area contributed by atoms with Gasteiger partial charge in [-0.2, -0.15) is 0 Å². The Morgan fingerprint density at radius 1 is 0.655 bits per heavy atom. The maximum atomic E-state index is 11.9. The van der Waals surface area contributed by atoms with Crippen molar-refractivity contribution in [1.82, 2.24) is 4.90 Å². The lowest BCUT2D eigenvalue weighted by Gasteiger charge is -2.22. The number of rotatable bonds is 9. The van der Waals surface area contributed by atoms with Crippen LogP contribution in [0.3, 0.4) is 0 Å². The lowest BCUT2D eigenvalue weighted by molar-refractivity contribution is -0.144. The third kappa shape index (κ3) is 16.4. The van der Waals surface area contributed by atoms with E-state index in [1.54, 1.807) is 0 Å². The quantitative estimate of drug-likeness (QED) is 0.362. The third-order valence-electron chi connectivity index (χ3n) is 5.68. The molecule has 0 bridgehead atoms.